The van der Waals surface area contributed by atoms with Gasteiger partial charge in [-0.25, -0.2) is 0 Å². The normalized spacial score (nSPS) is 11.7. The van der Waals surface area contributed by atoms with E-state index in [1.807, 2.05) is 93.7 Å². The summed E-state index contributed by atoms with van der Waals surface area (Å²) in [4.78, 5) is 0. The summed E-state index contributed by atoms with van der Waals surface area (Å²) in [5.74, 6) is 5.57. The number of para-hydroxylation sites is 2. The summed E-state index contributed by atoms with van der Waals surface area (Å²) < 4.78 is 0. The van der Waals surface area contributed by atoms with Crippen molar-refractivity contribution in [1.29, 1.82) is 0 Å². The molecule has 0 saturated carbocycles. The summed E-state index contributed by atoms with van der Waals surface area (Å²) in [7, 11) is 1.91. The minimum atomic E-state index is 0.832. The lowest BCUT2D eigenvalue weighted by Gasteiger charge is -2.09. The number of nitrogen functional groups attached to an aromatic ring is 1. The molecule has 0 amide bonds. The van der Waals surface area contributed by atoms with Gasteiger partial charge in [-0.1, -0.05) is 140 Å². The van der Waals surface area contributed by atoms with Crippen LogP contribution in [0.25, 0.3) is 16.8 Å². The molecule has 0 spiro atoms. The van der Waals surface area contributed by atoms with Crippen LogP contribution in [0.1, 0.15) is 44.2 Å². The predicted molar refractivity (Wildman–Crippen MR) is 181 cm³/mol. The van der Waals surface area contributed by atoms with Gasteiger partial charge in [0.1, 0.15) is 0 Å². The van der Waals surface area contributed by atoms with E-state index in [2.05, 4.69) is 78.4 Å². The van der Waals surface area contributed by atoms with E-state index in [4.69, 9.17) is 11.6 Å². The molecule has 0 unspecified atom stereocenters. The molecule has 0 fully saturated rings. The van der Waals surface area contributed by atoms with Crippen molar-refractivity contribution < 1.29 is 0 Å². The highest BCUT2D eigenvalue weighted by molar-refractivity contribution is 5.76. The maximum Gasteiger partial charge on any atom is 0.0520 e. The molecule has 0 heterocycles. The Hall–Kier alpha value is -4.54. The van der Waals surface area contributed by atoms with E-state index < -0.39 is 0 Å². The number of benzene rings is 4. The van der Waals surface area contributed by atoms with Gasteiger partial charge in [0.05, 0.1) is 5.70 Å². The Morgan fingerprint density at radius 3 is 2.05 bits per heavy atom. The molecule has 4 aromatic rings. The molecular weight excluding hydrogens is 500 g/mol. The standard InChI is InChI=1S/C15H18N2.C13H13N.C7H9N.C2H6/c16-17-15(14-9-5-2-6-10-14)12-11-13-7-3-1-4-8-13;1-10-5-4-6-11(9-10)12-7-2-3-8-13(12)14;1-8-7-5-3-2-4-6-7;1-2/h1-3,5-7,9-10,12,17H,4,8,11,16H2;2-9H,14H2,1H3;2-6,8H,1H3;1-2H3/b15-12-;;;. The number of nitrogens with one attached hydrogen (secondary N) is 2. The van der Waals surface area contributed by atoms with Crippen LogP contribution in [0.4, 0.5) is 11.4 Å². The molecule has 4 nitrogen and oxygen atoms in total. The Morgan fingerprint density at radius 2 is 1.49 bits per heavy atom. The van der Waals surface area contributed by atoms with Crippen LogP contribution in [0.5, 0.6) is 0 Å². The highest BCUT2D eigenvalue weighted by Gasteiger charge is 2.02. The molecule has 4 aromatic carbocycles. The van der Waals surface area contributed by atoms with Gasteiger partial charge < -0.3 is 16.5 Å². The van der Waals surface area contributed by atoms with Crippen LogP contribution in [0.15, 0.2) is 139 Å². The van der Waals surface area contributed by atoms with Crippen molar-refractivity contribution in [3.63, 3.8) is 0 Å². The van der Waals surface area contributed by atoms with E-state index in [1.54, 1.807) is 0 Å². The van der Waals surface area contributed by atoms with Gasteiger partial charge in [-0.3, -0.25) is 5.84 Å². The summed E-state index contributed by atoms with van der Waals surface area (Å²) in [6.45, 7) is 6.09. The predicted octanol–water partition coefficient (Wildman–Crippen LogP) is 9.16. The minimum Gasteiger partial charge on any atom is -0.398 e. The van der Waals surface area contributed by atoms with Crippen LogP contribution in [0.3, 0.4) is 0 Å². The van der Waals surface area contributed by atoms with Crippen molar-refractivity contribution in [2.45, 2.75) is 40.0 Å². The maximum atomic E-state index is 5.90. The molecule has 1 aliphatic rings. The first-order chi connectivity index (χ1) is 20.1. The number of aryl methyl sites for hydroxylation is 1. The molecule has 0 aliphatic heterocycles. The van der Waals surface area contributed by atoms with Crippen LogP contribution in [0.2, 0.25) is 0 Å². The van der Waals surface area contributed by atoms with Crippen molar-refractivity contribution in [3.8, 4) is 11.1 Å². The first kappa shape index (κ1) is 32.7. The molecule has 1 aliphatic carbocycles. The highest BCUT2D eigenvalue weighted by atomic mass is 15.2. The number of nitrogens with two attached hydrogens (primary N) is 2. The molecular formula is C37H46N4. The third-order valence-electron chi connectivity index (χ3n) is 6.26. The minimum absolute atomic E-state index is 0.832. The molecule has 0 aromatic heterocycles. The van der Waals surface area contributed by atoms with E-state index >= 15 is 0 Å². The van der Waals surface area contributed by atoms with Crippen molar-refractivity contribution in [2.75, 3.05) is 18.1 Å². The zero-order valence-corrected chi connectivity index (χ0v) is 25.0. The SMILES string of the molecule is CC.CNc1ccccc1.Cc1cccc(-c2ccccc2N)c1.NN/C(=C\CC1=CC=CCC1)c1ccccc1. The Labute approximate surface area is 247 Å². The fraction of sp³-hybridized carbons (Fsp3) is 0.189. The quantitative estimate of drug-likeness (QED) is 0.110. The number of hydrogen-bond acceptors (Lipinski definition) is 4. The van der Waals surface area contributed by atoms with Crippen LogP contribution >= 0.6 is 0 Å². The van der Waals surface area contributed by atoms with Crippen molar-refractivity contribution in [1.82, 2.24) is 5.43 Å². The second-order valence-electron chi connectivity index (χ2n) is 9.20. The second kappa shape index (κ2) is 19.5. The molecule has 0 saturated heterocycles. The lowest BCUT2D eigenvalue weighted by Crippen LogP contribution is -2.19. The highest BCUT2D eigenvalue weighted by Crippen LogP contribution is 2.25. The zero-order valence-electron chi connectivity index (χ0n) is 25.0. The summed E-state index contributed by atoms with van der Waals surface area (Å²) in [6.07, 6.45) is 11.9. The average Bonchev–Trinajstić information content (AvgIpc) is 3.04. The molecule has 5 rings (SSSR count). The fourth-order valence-electron chi connectivity index (χ4n) is 4.11. The van der Waals surface area contributed by atoms with E-state index in [0.29, 0.717) is 0 Å². The van der Waals surface area contributed by atoms with E-state index in [9.17, 15) is 0 Å². The molecule has 4 heteroatoms. The van der Waals surface area contributed by atoms with Crippen LogP contribution in [-0.2, 0) is 0 Å². The number of rotatable bonds is 6. The lowest BCUT2D eigenvalue weighted by molar-refractivity contribution is 0.917. The Balaban J connectivity index is 0.000000220. The zero-order chi connectivity index (χ0) is 29.7. The van der Waals surface area contributed by atoms with Crippen molar-refractivity contribution in [3.05, 3.63) is 150 Å². The number of allylic oxidation sites excluding steroid dienone is 5. The van der Waals surface area contributed by atoms with Gasteiger partial charge in [-0.2, -0.15) is 0 Å². The Morgan fingerprint density at radius 1 is 0.829 bits per heavy atom. The summed E-state index contributed by atoms with van der Waals surface area (Å²) in [5.41, 5.74) is 17.8. The van der Waals surface area contributed by atoms with Crippen molar-refractivity contribution >= 4 is 17.1 Å². The smallest absolute Gasteiger partial charge is 0.0520 e. The van der Waals surface area contributed by atoms with E-state index in [1.165, 1.54) is 16.7 Å². The fourth-order valence-corrected chi connectivity index (χ4v) is 4.11. The largest absolute Gasteiger partial charge is 0.398 e. The topological polar surface area (TPSA) is 76.1 Å². The van der Waals surface area contributed by atoms with Gasteiger partial charge in [0.2, 0.25) is 0 Å². The van der Waals surface area contributed by atoms with Gasteiger partial charge in [0.15, 0.2) is 0 Å². The molecule has 0 radical (unpaired) electrons. The lowest BCUT2D eigenvalue weighted by atomic mass is 10.0. The van der Waals surface area contributed by atoms with Crippen molar-refractivity contribution in [2.24, 2.45) is 5.84 Å². The van der Waals surface area contributed by atoms with Gasteiger partial charge in [-0.15, -0.1) is 0 Å². The van der Waals surface area contributed by atoms with Gasteiger partial charge in [-0.05, 0) is 55.5 Å². The third kappa shape index (κ3) is 12.0. The average molecular weight is 547 g/mol. The molecule has 41 heavy (non-hydrogen) atoms. The first-order valence-electron chi connectivity index (χ1n) is 14.3. The summed E-state index contributed by atoms with van der Waals surface area (Å²) in [5, 5.41) is 3.03. The number of anilines is 2. The van der Waals surface area contributed by atoms with Crippen LogP contribution in [-0.4, -0.2) is 7.05 Å². The molecule has 0 bridgehead atoms. The summed E-state index contributed by atoms with van der Waals surface area (Å²) in [6, 6.07) is 36.5. The number of hydrogen-bond donors (Lipinski definition) is 4. The molecule has 6 N–H and O–H groups in total. The Kier molecular flexibility index (Phi) is 15.5. The Bertz CT molecular complexity index is 1360. The molecule has 214 valence electrons. The van der Waals surface area contributed by atoms with Gasteiger partial charge in [0.25, 0.3) is 0 Å². The third-order valence-corrected chi connectivity index (χ3v) is 6.26. The summed E-state index contributed by atoms with van der Waals surface area (Å²) >= 11 is 0. The van der Waals surface area contributed by atoms with Gasteiger partial charge in [0, 0.05) is 24.0 Å². The number of hydrazine groups is 1. The van der Waals surface area contributed by atoms with E-state index in [0.717, 1.165) is 47.5 Å². The van der Waals surface area contributed by atoms with E-state index in [-0.39, 0.29) is 0 Å². The van der Waals surface area contributed by atoms with Crippen LogP contribution in [0, 0.1) is 6.92 Å². The first-order valence-corrected chi connectivity index (χ1v) is 14.3. The molecule has 0 atom stereocenters. The maximum absolute atomic E-state index is 5.90. The second-order valence-corrected chi connectivity index (χ2v) is 9.20. The van der Waals surface area contributed by atoms with Crippen LogP contribution < -0.4 is 22.3 Å². The monoisotopic (exact) mass is 546 g/mol. The van der Waals surface area contributed by atoms with Gasteiger partial charge >= 0.3 is 0 Å².